The number of fused-ring (bicyclic) bond motifs is 1. The van der Waals surface area contributed by atoms with Crippen LogP contribution in [0.25, 0.3) is 0 Å². The molecular weight excluding hydrogens is 348 g/mol. The second kappa shape index (κ2) is 8.41. The highest BCUT2D eigenvalue weighted by Crippen LogP contribution is 2.22. The first-order valence-corrected chi connectivity index (χ1v) is 9.53. The summed E-state index contributed by atoms with van der Waals surface area (Å²) >= 11 is 0. The summed E-state index contributed by atoms with van der Waals surface area (Å²) < 4.78 is 32.0. The molecule has 0 saturated heterocycles. The summed E-state index contributed by atoms with van der Waals surface area (Å²) in [5, 5.41) is 11.4. The van der Waals surface area contributed by atoms with E-state index in [9.17, 15) is 18.0 Å². The number of carbonyl (C=O) groups excluding carboxylic acids is 1. The molecule has 3 N–H and O–H groups in total. The van der Waals surface area contributed by atoms with Crippen LogP contribution >= 0.6 is 0 Å². The maximum atomic E-state index is 12.3. The van der Waals surface area contributed by atoms with Gasteiger partial charge < -0.3 is 15.2 Å². The number of amides is 1. The quantitative estimate of drug-likeness (QED) is 0.590. The molecule has 25 heavy (non-hydrogen) atoms. The zero-order chi connectivity index (χ0) is 18.4. The molecule has 8 nitrogen and oxygen atoms in total. The van der Waals surface area contributed by atoms with Crippen LogP contribution in [0.5, 0.6) is 0 Å². The highest BCUT2D eigenvalue weighted by Gasteiger charge is 2.22. The van der Waals surface area contributed by atoms with Gasteiger partial charge in [0.05, 0.1) is 24.7 Å². The van der Waals surface area contributed by atoms with E-state index in [0.717, 1.165) is 17.5 Å². The van der Waals surface area contributed by atoms with Crippen LogP contribution in [0.3, 0.4) is 0 Å². The number of sulfonamides is 1. The van der Waals surface area contributed by atoms with Crippen LogP contribution in [-0.4, -0.2) is 38.0 Å². The number of carboxylic acid groups (broad SMARTS) is 1. The van der Waals surface area contributed by atoms with Gasteiger partial charge in [0.15, 0.2) is 0 Å². The Balaban J connectivity index is 1.94. The molecule has 0 aliphatic carbocycles. The second-order valence-corrected chi connectivity index (χ2v) is 7.62. The van der Waals surface area contributed by atoms with Crippen molar-refractivity contribution in [1.82, 2.24) is 10.0 Å². The van der Waals surface area contributed by atoms with Gasteiger partial charge in [-0.1, -0.05) is 25.8 Å². The topological polar surface area (TPSA) is 122 Å². The van der Waals surface area contributed by atoms with Gasteiger partial charge in [0.1, 0.15) is 6.04 Å². The van der Waals surface area contributed by atoms with Crippen molar-refractivity contribution in [3.05, 3.63) is 29.3 Å². The second-order valence-electron chi connectivity index (χ2n) is 5.85. The number of ether oxygens (including phenoxy) is 1. The number of hydrogen-bond acceptors (Lipinski definition) is 5. The first kappa shape index (κ1) is 19.4. The zero-order valence-electron chi connectivity index (χ0n) is 13.9. The van der Waals surface area contributed by atoms with Gasteiger partial charge in [0.25, 0.3) is 0 Å². The number of carbonyl (C=O) groups is 2. The van der Waals surface area contributed by atoms with E-state index in [0.29, 0.717) is 26.1 Å². The molecule has 0 bridgehead atoms. The lowest BCUT2D eigenvalue weighted by Gasteiger charge is -2.14. The summed E-state index contributed by atoms with van der Waals surface area (Å²) in [7, 11) is -3.86. The molecule has 1 aromatic carbocycles. The van der Waals surface area contributed by atoms with Gasteiger partial charge >= 0.3 is 5.97 Å². The van der Waals surface area contributed by atoms with E-state index < -0.39 is 34.5 Å². The number of aliphatic carboxylic acids is 1. The Bertz CT molecular complexity index is 747. The van der Waals surface area contributed by atoms with E-state index in [1.54, 1.807) is 6.07 Å². The smallest absolute Gasteiger partial charge is 0.326 e. The van der Waals surface area contributed by atoms with Gasteiger partial charge in [-0.3, -0.25) is 4.79 Å². The maximum Gasteiger partial charge on any atom is 0.326 e. The van der Waals surface area contributed by atoms with Gasteiger partial charge in [-0.25, -0.2) is 17.9 Å². The molecule has 1 heterocycles. The van der Waals surface area contributed by atoms with E-state index in [1.165, 1.54) is 12.1 Å². The summed E-state index contributed by atoms with van der Waals surface area (Å²) in [6.07, 6.45) is 1.75. The normalized spacial score (nSPS) is 14.8. The van der Waals surface area contributed by atoms with Crippen molar-refractivity contribution < 1.29 is 27.9 Å². The molecule has 0 spiro atoms. The molecule has 2 rings (SSSR count). The molecule has 1 aromatic rings. The summed E-state index contributed by atoms with van der Waals surface area (Å²) in [5.74, 6) is -1.82. The van der Waals surface area contributed by atoms with E-state index >= 15 is 0 Å². The molecule has 1 amide bonds. The van der Waals surface area contributed by atoms with Gasteiger partial charge in [0, 0.05) is 0 Å². The number of nitrogens with one attached hydrogen (secondary N) is 2. The van der Waals surface area contributed by atoms with Crippen LogP contribution < -0.4 is 10.0 Å². The lowest BCUT2D eigenvalue weighted by Crippen LogP contribution is -2.45. The standard InChI is InChI=1S/C16H22N2O6S/c1-2-3-4-14(16(20)21)18-15(19)8-17-25(22,23)13-6-5-11-9-24-10-12(11)7-13/h5-7,14,17H,2-4,8-10H2,1H3,(H,18,19)(H,20,21)/t14-/m0/s1. The zero-order valence-corrected chi connectivity index (χ0v) is 14.8. The molecular formula is C16H22N2O6S. The average Bonchev–Trinajstić information content (AvgIpc) is 3.04. The van der Waals surface area contributed by atoms with Gasteiger partial charge in [-0.2, -0.15) is 0 Å². The fourth-order valence-corrected chi connectivity index (χ4v) is 3.50. The highest BCUT2D eigenvalue weighted by atomic mass is 32.2. The molecule has 0 saturated carbocycles. The van der Waals surface area contributed by atoms with Crippen molar-refractivity contribution >= 4 is 21.9 Å². The third kappa shape index (κ3) is 5.25. The Labute approximate surface area is 146 Å². The minimum Gasteiger partial charge on any atom is -0.480 e. The summed E-state index contributed by atoms with van der Waals surface area (Å²) in [5.41, 5.74) is 1.75. The SMILES string of the molecule is CCCC[C@H](NC(=O)CNS(=O)(=O)c1ccc2c(c1)COC2)C(=O)O. The van der Waals surface area contributed by atoms with E-state index in [2.05, 4.69) is 10.0 Å². The van der Waals surface area contributed by atoms with Gasteiger partial charge in [-0.15, -0.1) is 0 Å². The fraction of sp³-hybridized carbons (Fsp3) is 0.500. The lowest BCUT2D eigenvalue weighted by atomic mass is 10.1. The van der Waals surface area contributed by atoms with Crippen molar-refractivity contribution in [1.29, 1.82) is 0 Å². The molecule has 0 unspecified atom stereocenters. The first-order chi connectivity index (χ1) is 11.8. The van der Waals surface area contributed by atoms with Crippen molar-refractivity contribution in [2.45, 2.75) is 50.3 Å². The fourth-order valence-electron chi connectivity index (χ4n) is 2.47. The number of carboxylic acids is 1. The van der Waals surface area contributed by atoms with Crippen molar-refractivity contribution in [3.63, 3.8) is 0 Å². The van der Waals surface area contributed by atoms with Crippen molar-refractivity contribution in [3.8, 4) is 0 Å². The Morgan fingerprint density at radius 2 is 2.00 bits per heavy atom. The van der Waals surface area contributed by atoms with Crippen LogP contribution in [0, 0.1) is 0 Å². The third-order valence-electron chi connectivity index (χ3n) is 3.91. The van der Waals surface area contributed by atoms with Crippen LogP contribution in [0.2, 0.25) is 0 Å². The molecule has 1 atom stereocenters. The highest BCUT2D eigenvalue weighted by molar-refractivity contribution is 7.89. The lowest BCUT2D eigenvalue weighted by molar-refractivity contribution is -0.141. The summed E-state index contributed by atoms with van der Waals surface area (Å²) in [6.45, 7) is 2.21. The minimum atomic E-state index is -3.86. The Kier molecular flexibility index (Phi) is 6.51. The van der Waals surface area contributed by atoms with Gasteiger partial charge in [-0.05, 0) is 29.7 Å². The molecule has 138 valence electrons. The van der Waals surface area contributed by atoms with Crippen LogP contribution in [0.15, 0.2) is 23.1 Å². The van der Waals surface area contributed by atoms with Crippen molar-refractivity contribution in [2.24, 2.45) is 0 Å². The predicted molar refractivity (Wildman–Crippen MR) is 89.2 cm³/mol. The molecule has 0 radical (unpaired) electrons. The Hall–Kier alpha value is -1.97. The molecule has 0 aromatic heterocycles. The van der Waals surface area contributed by atoms with Crippen molar-refractivity contribution in [2.75, 3.05) is 6.54 Å². The number of benzene rings is 1. The summed E-state index contributed by atoms with van der Waals surface area (Å²) in [6, 6.07) is 3.63. The molecule has 9 heteroatoms. The predicted octanol–water partition coefficient (Wildman–Crippen LogP) is 0.755. The average molecular weight is 370 g/mol. The molecule has 1 aliphatic heterocycles. The summed E-state index contributed by atoms with van der Waals surface area (Å²) in [4.78, 5) is 23.0. The number of unbranched alkanes of at least 4 members (excludes halogenated alkanes) is 1. The largest absolute Gasteiger partial charge is 0.480 e. The van der Waals surface area contributed by atoms with Crippen LogP contribution in [0.4, 0.5) is 0 Å². The number of rotatable bonds is 9. The Morgan fingerprint density at radius 1 is 1.28 bits per heavy atom. The molecule has 0 fully saturated rings. The Morgan fingerprint density at radius 3 is 2.68 bits per heavy atom. The monoisotopic (exact) mass is 370 g/mol. The van der Waals surface area contributed by atoms with E-state index in [4.69, 9.17) is 9.84 Å². The molecule has 1 aliphatic rings. The van der Waals surface area contributed by atoms with E-state index in [1.807, 2.05) is 6.92 Å². The number of hydrogen-bond donors (Lipinski definition) is 3. The minimum absolute atomic E-state index is 0.0466. The van der Waals surface area contributed by atoms with Crippen LogP contribution in [0.1, 0.15) is 37.3 Å². The third-order valence-corrected chi connectivity index (χ3v) is 5.30. The van der Waals surface area contributed by atoms with E-state index in [-0.39, 0.29) is 4.90 Å². The first-order valence-electron chi connectivity index (χ1n) is 8.05. The van der Waals surface area contributed by atoms with Gasteiger partial charge in [0.2, 0.25) is 15.9 Å². The van der Waals surface area contributed by atoms with Crippen LogP contribution in [-0.2, 0) is 37.6 Å². The maximum absolute atomic E-state index is 12.3.